The molecule has 0 spiro atoms. The van der Waals surface area contributed by atoms with Crippen LogP contribution in [0.2, 0.25) is 0 Å². The second-order valence-corrected chi connectivity index (χ2v) is 29.6. The number of hydrogen-bond acceptors (Lipinski definition) is 18. The van der Waals surface area contributed by atoms with Crippen LogP contribution in [0.3, 0.4) is 0 Å². The number of aliphatic hydroxyl groups excluding tert-OH is 11. The first-order valence-electron chi connectivity index (χ1n) is 41.7. The molecule has 19 nitrogen and oxygen atoms in total. The van der Waals surface area contributed by atoms with Crippen molar-refractivity contribution in [2.45, 2.75) is 426 Å². The predicted molar refractivity (Wildman–Crippen MR) is 411 cm³/mol. The quantitative estimate of drug-likeness (QED) is 0.0199. The standard InChI is InChI=1S/C84H151NO18/c1-3-5-7-9-11-13-15-17-19-21-23-25-27-29-31-32-33-34-36-38-40-42-44-46-48-50-52-54-56-58-60-62-72(90)85-67(68(89)61-59-57-55-53-51-49-47-45-43-41-39-37-35-30-28-26-24-22-20-18-16-14-12-10-8-6-4-2)66-98-82-78(96)75(93)80(70(64-87)100-82)103-84-79(97)76(94)81(71(65-88)101-84)102-83-77(95)74(92)73(91)69(63-86)99-83/h5,7,11,13,17,19,23,25,51,53,59,61,67-71,73-84,86-89,91-97H,3-4,6,8-10,12,14-16,18,20-22,24,26-50,52,54-58,60,62-66H2,1-2H3,(H,85,90)/b7-5-,13-11-,19-17-,25-23-,53-51+,61-59+. The molecule has 12 N–H and O–H groups in total. The average molecular weight is 1460 g/mol. The number of aliphatic hydroxyl groups is 11. The molecule has 0 radical (unpaired) electrons. The van der Waals surface area contributed by atoms with Crippen LogP contribution in [-0.4, -0.2) is 193 Å². The lowest BCUT2D eigenvalue weighted by atomic mass is 9.96. The van der Waals surface area contributed by atoms with E-state index in [0.29, 0.717) is 12.8 Å². The van der Waals surface area contributed by atoms with E-state index in [4.69, 9.17) is 28.4 Å². The third kappa shape index (κ3) is 43.9. The summed E-state index contributed by atoms with van der Waals surface area (Å²) in [6.07, 6.45) is 57.5. The van der Waals surface area contributed by atoms with E-state index in [2.05, 4.69) is 79.9 Å². The first kappa shape index (κ1) is 94.4. The van der Waals surface area contributed by atoms with Gasteiger partial charge < -0.3 is 89.9 Å². The lowest BCUT2D eigenvalue weighted by Crippen LogP contribution is -2.66. The Morgan fingerprint density at radius 1 is 0.359 bits per heavy atom. The number of allylic oxidation sites excluding steroid dienone is 11. The molecule has 600 valence electrons. The minimum atomic E-state index is -1.98. The van der Waals surface area contributed by atoms with Crippen molar-refractivity contribution < 1.29 is 89.4 Å². The molecule has 0 aliphatic carbocycles. The smallest absolute Gasteiger partial charge is 0.220 e. The van der Waals surface area contributed by atoms with Gasteiger partial charge in [-0.25, -0.2) is 0 Å². The Bertz CT molecular complexity index is 2140. The molecular formula is C84H151NO18. The Balaban J connectivity index is 1.37. The Labute approximate surface area is 623 Å². The molecule has 3 aliphatic heterocycles. The third-order valence-electron chi connectivity index (χ3n) is 20.5. The van der Waals surface area contributed by atoms with E-state index in [-0.39, 0.29) is 18.9 Å². The van der Waals surface area contributed by atoms with Crippen LogP contribution in [0.15, 0.2) is 72.9 Å². The highest BCUT2D eigenvalue weighted by atomic mass is 16.8. The lowest BCUT2D eigenvalue weighted by molar-refractivity contribution is -0.379. The van der Waals surface area contributed by atoms with Crippen LogP contribution in [0.5, 0.6) is 0 Å². The van der Waals surface area contributed by atoms with Crippen molar-refractivity contribution in [3.8, 4) is 0 Å². The number of unbranched alkanes of at least 4 members (excludes halogenated alkanes) is 40. The van der Waals surface area contributed by atoms with Crippen molar-refractivity contribution in [1.29, 1.82) is 0 Å². The van der Waals surface area contributed by atoms with Gasteiger partial charge in [-0.1, -0.05) is 318 Å². The highest BCUT2D eigenvalue weighted by Gasteiger charge is 2.54. The van der Waals surface area contributed by atoms with Crippen molar-refractivity contribution in [2.24, 2.45) is 0 Å². The fourth-order valence-electron chi connectivity index (χ4n) is 13.8. The maximum absolute atomic E-state index is 13.5. The van der Waals surface area contributed by atoms with Gasteiger partial charge in [0.05, 0.1) is 38.6 Å². The zero-order valence-electron chi connectivity index (χ0n) is 64.3. The second-order valence-electron chi connectivity index (χ2n) is 29.6. The molecule has 17 unspecified atom stereocenters. The fraction of sp³-hybridized carbons (Fsp3) is 0.845. The van der Waals surface area contributed by atoms with E-state index in [1.165, 1.54) is 225 Å². The van der Waals surface area contributed by atoms with Crippen molar-refractivity contribution in [2.75, 3.05) is 26.4 Å². The normalized spacial score (nSPS) is 26.4. The molecule has 0 aromatic heterocycles. The highest BCUT2D eigenvalue weighted by Crippen LogP contribution is 2.33. The van der Waals surface area contributed by atoms with Crippen molar-refractivity contribution in [3.63, 3.8) is 0 Å². The van der Waals surface area contributed by atoms with Gasteiger partial charge in [0, 0.05) is 6.42 Å². The number of amides is 1. The molecule has 3 aliphatic rings. The van der Waals surface area contributed by atoms with Gasteiger partial charge in [-0.05, 0) is 70.6 Å². The van der Waals surface area contributed by atoms with E-state index in [1.54, 1.807) is 6.08 Å². The molecule has 103 heavy (non-hydrogen) atoms. The number of rotatable bonds is 66. The topological polar surface area (TPSA) is 307 Å². The Kier molecular flexibility index (Phi) is 58.8. The van der Waals surface area contributed by atoms with E-state index < -0.39 is 124 Å². The summed E-state index contributed by atoms with van der Waals surface area (Å²) in [7, 11) is 0. The fourth-order valence-corrected chi connectivity index (χ4v) is 13.8. The molecule has 0 aromatic carbocycles. The summed E-state index contributed by atoms with van der Waals surface area (Å²) < 4.78 is 34.5. The minimum absolute atomic E-state index is 0.235. The van der Waals surface area contributed by atoms with Gasteiger partial charge in [0.15, 0.2) is 18.9 Å². The zero-order chi connectivity index (χ0) is 74.6. The van der Waals surface area contributed by atoms with Gasteiger partial charge >= 0.3 is 0 Å². The monoisotopic (exact) mass is 1460 g/mol. The number of carbonyl (C=O) groups is 1. The average Bonchev–Trinajstić information content (AvgIpc) is 0.781. The maximum Gasteiger partial charge on any atom is 0.220 e. The second kappa shape index (κ2) is 64.1. The van der Waals surface area contributed by atoms with Gasteiger partial charge in [0.2, 0.25) is 5.91 Å². The molecule has 17 atom stereocenters. The number of ether oxygens (including phenoxy) is 6. The zero-order valence-corrected chi connectivity index (χ0v) is 64.3. The lowest BCUT2D eigenvalue weighted by Gasteiger charge is -2.48. The summed E-state index contributed by atoms with van der Waals surface area (Å²) in [6, 6.07) is -0.994. The molecule has 0 bridgehead atoms. The molecule has 3 rings (SSSR count). The number of carbonyl (C=O) groups excluding carboxylic acids is 1. The van der Waals surface area contributed by atoms with Crippen molar-refractivity contribution in [1.82, 2.24) is 5.32 Å². The van der Waals surface area contributed by atoms with Gasteiger partial charge in [-0.2, -0.15) is 0 Å². The molecule has 0 saturated carbocycles. The van der Waals surface area contributed by atoms with E-state index in [1.807, 2.05) is 6.08 Å². The van der Waals surface area contributed by atoms with Gasteiger partial charge in [-0.3, -0.25) is 4.79 Å². The SMILES string of the molecule is CC/C=C\C/C=C\C/C=C\C/C=C\CCCCCCCCCCCCCCCCCCCCC(=O)NC(COC1OC(CO)C(OC2OC(CO)C(OC3OC(CO)C(O)C(O)C3O)C(O)C2O)C(O)C1O)C(O)/C=C/CC/C=C/CCCCCCCCCCCCCCCCCCCCCCC. The summed E-state index contributed by atoms with van der Waals surface area (Å²) >= 11 is 0. The Morgan fingerprint density at radius 2 is 0.680 bits per heavy atom. The largest absolute Gasteiger partial charge is 0.394 e. The highest BCUT2D eigenvalue weighted by molar-refractivity contribution is 5.76. The summed E-state index contributed by atoms with van der Waals surface area (Å²) in [5.74, 6) is -0.282. The molecular weight excluding hydrogens is 1310 g/mol. The van der Waals surface area contributed by atoms with Gasteiger partial charge in [0.25, 0.3) is 0 Å². The minimum Gasteiger partial charge on any atom is -0.394 e. The first-order valence-corrected chi connectivity index (χ1v) is 41.7. The number of nitrogens with one attached hydrogen (secondary N) is 1. The van der Waals surface area contributed by atoms with Crippen molar-refractivity contribution in [3.05, 3.63) is 72.9 Å². The molecule has 3 heterocycles. The van der Waals surface area contributed by atoms with Crippen LogP contribution >= 0.6 is 0 Å². The Hall–Kier alpha value is -2.77. The van der Waals surface area contributed by atoms with E-state index in [0.717, 1.165) is 64.2 Å². The summed E-state index contributed by atoms with van der Waals surface area (Å²) in [5.41, 5.74) is 0. The molecule has 3 fully saturated rings. The van der Waals surface area contributed by atoms with Crippen LogP contribution in [0.25, 0.3) is 0 Å². The predicted octanol–water partition coefficient (Wildman–Crippen LogP) is 14.4. The van der Waals surface area contributed by atoms with Crippen LogP contribution in [0.1, 0.15) is 322 Å². The van der Waals surface area contributed by atoms with Crippen LogP contribution in [0, 0.1) is 0 Å². The number of hydrogen-bond donors (Lipinski definition) is 12. The van der Waals surface area contributed by atoms with Gasteiger partial charge in [0.1, 0.15) is 73.2 Å². The molecule has 19 heteroatoms. The van der Waals surface area contributed by atoms with E-state index >= 15 is 0 Å². The molecule has 1 amide bonds. The summed E-state index contributed by atoms with van der Waals surface area (Å²) in [4.78, 5) is 13.5. The Morgan fingerprint density at radius 3 is 1.09 bits per heavy atom. The molecule has 0 aromatic rings. The van der Waals surface area contributed by atoms with Crippen LogP contribution in [-0.2, 0) is 33.2 Å². The summed E-state index contributed by atoms with van der Waals surface area (Å²) in [6.45, 7) is 1.65. The first-order chi connectivity index (χ1) is 50.3. The third-order valence-corrected chi connectivity index (χ3v) is 20.5. The van der Waals surface area contributed by atoms with Crippen LogP contribution in [0.4, 0.5) is 0 Å². The van der Waals surface area contributed by atoms with Gasteiger partial charge in [-0.15, -0.1) is 0 Å². The molecule has 3 saturated heterocycles. The van der Waals surface area contributed by atoms with Crippen molar-refractivity contribution >= 4 is 5.91 Å². The summed E-state index contributed by atoms with van der Waals surface area (Å²) in [5, 5.41) is 121. The van der Waals surface area contributed by atoms with Crippen LogP contribution < -0.4 is 5.32 Å². The maximum atomic E-state index is 13.5. The van der Waals surface area contributed by atoms with E-state index in [9.17, 15) is 61.0 Å².